The zero-order valence-corrected chi connectivity index (χ0v) is 16.7. The van der Waals surface area contributed by atoms with Gasteiger partial charge in [0.05, 0.1) is 6.04 Å². The molecule has 4 aromatic rings. The van der Waals surface area contributed by atoms with E-state index in [0.717, 1.165) is 11.1 Å². The third-order valence-corrected chi connectivity index (χ3v) is 4.53. The molecule has 0 aliphatic rings. The van der Waals surface area contributed by atoms with Crippen LogP contribution in [0, 0.1) is 0 Å². The Balaban J connectivity index is 1.36. The normalized spacial score (nSPS) is 11.4. The van der Waals surface area contributed by atoms with Crippen LogP contribution in [-0.2, 0) is 4.79 Å². The fraction of sp³-hybridized carbons (Fsp3) is 0.0800. The van der Waals surface area contributed by atoms with E-state index in [9.17, 15) is 4.79 Å². The van der Waals surface area contributed by atoms with Crippen molar-refractivity contribution in [3.63, 3.8) is 0 Å². The van der Waals surface area contributed by atoms with E-state index >= 15 is 0 Å². The molecule has 0 radical (unpaired) electrons. The number of nitrogens with one attached hydrogen (secondary N) is 1. The number of nitrogens with zero attached hydrogens (tertiary/aromatic N) is 2. The second kappa shape index (κ2) is 10.0. The first-order valence-electron chi connectivity index (χ1n) is 9.84. The molecule has 0 aliphatic carbocycles. The molecule has 0 saturated carbocycles. The number of pyridine rings is 2. The number of hydrogen-bond acceptors (Lipinski definition) is 5. The molecule has 2 heterocycles. The predicted molar refractivity (Wildman–Crippen MR) is 117 cm³/mol. The number of amides is 1. The molecule has 0 spiro atoms. The van der Waals surface area contributed by atoms with E-state index in [1.165, 1.54) is 0 Å². The third kappa shape index (κ3) is 5.67. The summed E-state index contributed by atoms with van der Waals surface area (Å²) in [6.45, 7) is -0.102. The Hall–Kier alpha value is -4.19. The summed E-state index contributed by atoms with van der Waals surface area (Å²) in [6, 6.07) is 25.8. The lowest BCUT2D eigenvalue weighted by atomic mass is 10.00. The smallest absolute Gasteiger partial charge is 0.258 e. The van der Waals surface area contributed by atoms with Crippen molar-refractivity contribution in [1.82, 2.24) is 15.3 Å². The molecule has 6 nitrogen and oxygen atoms in total. The first-order chi connectivity index (χ1) is 15.3. The minimum atomic E-state index is -0.283. The minimum Gasteiger partial charge on any atom is -0.484 e. The van der Waals surface area contributed by atoms with E-state index in [-0.39, 0.29) is 18.6 Å². The van der Waals surface area contributed by atoms with Gasteiger partial charge >= 0.3 is 0 Å². The van der Waals surface area contributed by atoms with Crippen molar-refractivity contribution in [2.45, 2.75) is 6.04 Å². The molecule has 4 rings (SSSR count). The number of hydrogen-bond donors (Lipinski definition) is 1. The van der Waals surface area contributed by atoms with Crippen LogP contribution in [0.25, 0.3) is 0 Å². The second-order valence-corrected chi connectivity index (χ2v) is 6.72. The van der Waals surface area contributed by atoms with Gasteiger partial charge in [-0.25, -0.2) is 4.98 Å². The Morgan fingerprint density at radius 3 is 2.16 bits per heavy atom. The Bertz CT molecular complexity index is 1050. The first kappa shape index (κ1) is 20.1. The summed E-state index contributed by atoms with van der Waals surface area (Å²) in [4.78, 5) is 20.8. The number of carbonyl (C=O) groups is 1. The number of benzene rings is 2. The monoisotopic (exact) mass is 411 g/mol. The van der Waals surface area contributed by atoms with Crippen molar-refractivity contribution in [3.8, 4) is 17.4 Å². The third-order valence-electron chi connectivity index (χ3n) is 4.53. The number of carbonyl (C=O) groups excluding carboxylic acids is 1. The number of ether oxygens (including phenoxy) is 2. The first-order valence-corrected chi connectivity index (χ1v) is 9.84. The van der Waals surface area contributed by atoms with Crippen molar-refractivity contribution < 1.29 is 14.3 Å². The predicted octanol–water partition coefficient (Wildman–Crippen LogP) is 4.55. The lowest BCUT2D eigenvalue weighted by Gasteiger charge is -2.20. The minimum absolute atomic E-state index is 0.102. The van der Waals surface area contributed by atoms with E-state index < -0.39 is 0 Å². The maximum Gasteiger partial charge on any atom is 0.258 e. The molecule has 0 fully saturated rings. The quantitative estimate of drug-likeness (QED) is 0.460. The van der Waals surface area contributed by atoms with Crippen molar-refractivity contribution in [2.75, 3.05) is 6.61 Å². The fourth-order valence-corrected chi connectivity index (χ4v) is 3.04. The summed E-state index contributed by atoms with van der Waals surface area (Å²) < 4.78 is 11.3. The van der Waals surface area contributed by atoms with E-state index in [2.05, 4.69) is 15.3 Å². The molecule has 154 valence electrons. The van der Waals surface area contributed by atoms with Gasteiger partial charge in [-0.15, -0.1) is 0 Å². The van der Waals surface area contributed by atoms with Gasteiger partial charge in [-0.3, -0.25) is 9.78 Å². The van der Waals surface area contributed by atoms with Gasteiger partial charge in [0.1, 0.15) is 11.5 Å². The highest BCUT2D eigenvalue weighted by Crippen LogP contribution is 2.23. The van der Waals surface area contributed by atoms with Gasteiger partial charge in [0.25, 0.3) is 5.91 Å². The molecule has 0 bridgehead atoms. The van der Waals surface area contributed by atoms with Gasteiger partial charge in [-0.05, 0) is 53.6 Å². The van der Waals surface area contributed by atoms with Gasteiger partial charge in [0.15, 0.2) is 6.61 Å². The number of aromatic nitrogens is 2. The van der Waals surface area contributed by atoms with Crippen LogP contribution in [-0.4, -0.2) is 22.5 Å². The average Bonchev–Trinajstić information content (AvgIpc) is 2.84. The summed E-state index contributed by atoms with van der Waals surface area (Å²) in [6.07, 6.45) is 5.09. The van der Waals surface area contributed by atoms with Crippen LogP contribution in [0.5, 0.6) is 17.4 Å². The van der Waals surface area contributed by atoms with Gasteiger partial charge in [0.2, 0.25) is 5.88 Å². The van der Waals surface area contributed by atoms with Gasteiger partial charge in [-0.1, -0.05) is 36.4 Å². The van der Waals surface area contributed by atoms with Crippen molar-refractivity contribution in [2.24, 2.45) is 0 Å². The Kier molecular flexibility index (Phi) is 6.50. The van der Waals surface area contributed by atoms with E-state index in [0.29, 0.717) is 17.4 Å². The zero-order valence-electron chi connectivity index (χ0n) is 16.7. The van der Waals surface area contributed by atoms with Gasteiger partial charge < -0.3 is 14.8 Å². The Morgan fingerprint density at radius 2 is 1.45 bits per heavy atom. The summed E-state index contributed by atoms with van der Waals surface area (Å²) >= 11 is 0. The molecule has 0 aliphatic heterocycles. The maximum atomic E-state index is 12.6. The largest absolute Gasteiger partial charge is 0.484 e. The second-order valence-electron chi connectivity index (χ2n) is 6.72. The van der Waals surface area contributed by atoms with Crippen LogP contribution in [0.4, 0.5) is 0 Å². The molecule has 2 aromatic carbocycles. The molecule has 0 unspecified atom stereocenters. The highest BCUT2D eigenvalue weighted by Gasteiger charge is 2.17. The highest BCUT2D eigenvalue weighted by atomic mass is 16.5. The summed E-state index contributed by atoms with van der Waals surface area (Å²) in [5, 5.41) is 3.04. The van der Waals surface area contributed by atoms with E-state index in [1.54, 1.807) is 48.9 Å². The zero-order chi connectivity index (χ0) is 21.3. The van der Waals surface area contributed by atoms with Crippen LogP contribution < -0.4 is 14.8 Å². The molecular formula is C25H21N3O3. The van der Waals surface area contributed by atoms with Gasteiger partial charge in [-0.2, -0.15) is 0 Å². The summed E-state index contributed by atoms with van der Waals surface area (Å²) in [5.41, 5.74) is 1.93. The Morgan fingerprint density at radius 1 is 0.774 bits per heavy atom. The van der Waals surface area contributed by atoms with E-state index in [4.69, 9.17) is 9.47 Å². The SMILES string of the molecule is O=C(COc1ccc(Oc2ccccn2)cc1)N[C@@H](c1ccccc1)c1ccncc1. The van der Waals surface area contributed by atoms with Crippen LogP contribution in [0.1, 0.15) is 17.2 Å². The van der Waals surface area contributed by atoms with Crippen LogP contribution in [0.15, 0.2) is 104 Å². The van der Waals surface area contributed by atoms with E-state index in [1.807, 2.05) is 54.6 Å². The van der Waals surface area contributed by atoms with Crippen molar-refractivity contribution in [3.05, 3.63) is 115 Å². The van der Waals surface area contributed by atoms with Crippen molar-refractivity contribution in [1.29, 1.82) is 0 Å². The highest BCUT2D eigenvalue weighted by molar-refractivity contribution is 5.78. The van der Waals surface area contributed by atoms with Crippen molar-refractivity contribution >= 4 is 5.91 Å². The summed E-state index contributed by atoms with van der Waals surface area (Å²) in [7, 11) is 0. The lowest BCUT2D eigenvalue weighted by Crippen LogP contribution is -2.33. The maximum absolute atomic E-state index is 12.6. The number of rotatable bonds is 8. The molecule has 31 heavy (non-hydrogen) atoms. The molecule has 1 N–H and O–H groups in total. The molecule has 2 aromatic heterocycles. The summed E-state index contributed by atoms with van der Waals surface area (Å²) in [5.74, 6) is 1.50. The molecule has 6 heteroatoms. The molecule has 1 amide bonds. The average molecular weight is 411 g/mol. The molecular weight excluding hydrogens is 390 g/mol. The standard InChI is InChI=1S/C25H21N3O3/c29-23(28-25(19-6-2-1-3-7-19)20-13-16-26-17-14-20)18-30-21-9-11-22(12-10-21)31-24-8-4-5-15-27-24/h1-17,25H,18H2,(H,28,29)/t25-/m0/s1. The van der Waals surface area contributed by atoms with Crippen LogP contribution in [0.3, 0.4) is 0 Å². The topological polar surface area (TPSA) is 73.3 Å². The van der Waals surface area contributed by atoms with Gasteiger partial charge in [0, 0.05) is 24.7 Å². The Labute approximate surface area is 180 Å². The molecule has 1 atom stereocenters. The van der Waals surface area contributed by atoms with Crippen LogP contribution >= 0.6 is 0 Å². The fourth-order valence-electron chi connectivity index (χ4n) is 3.04. The van der Waals surface area contributed by atoms with Crippen LogP contribution in [0.2, 0.25) is 0 Å². The lowest BCUT2D eigenvalue weighted by molar-refractivity contribution is -0.123. The molecule has 0 saturated heterocycles.